The maximum atomic E-state index is 14.6. The van der Waals surface area contributed by atoms with E-state index in [0.29, 0.717) is 28.8 Å². The van der Waals surface area contributed by atoms with E-state index in [1.165, 1.54) is 54.3 Å². The van der Waals surface area contributed by atoms with Crippen LogP contribution in [0.25, 0.3) is 0 Å². The van der Waals surface area contributed by atoms with Gasteiger partial charge in [0, 0.05) is 85.9 Å². The van der Waals surface area contributed by atoms with Crippen LogP contribution in [0, 0.1) is 22.0 Å². The first kappa shape index (κ1) is 88.5. The monoisotopic (exact) mass is 1630 g/mol. The van der Waals surface area contributed by atoms with E-state index in [2.05, 4.69) is 58.5 Å². The SMILES string of the molecule is CC(=O)N[C@H](C(=O)N1CCC[C@@H]1C(=O)N[C@H]1CCCCC[C@@H](C(=O)N[C@@H](CC(=O)O)C(=O)N[C@@H](C)C(=O)N[C@@H](CC(C(=O)O)C(=O)O)C(=O)N[C@@H](CCCCNC(=S)Nc2ccc3c(c2)C(=O)OC32c3ccc(O)cc3Oc3cc(O)ccc32)C(N)=O)NC(=O)[C@H](Cc2ccc([N+](=O)[O-])cc2)NC(=O)[C@H](CCC(N)=O)NC1=O)C(C)C. The maximum Gasteiger partial charge on any atom is 0.340 e. The van der Waals surface area contributed by atoms with Crippen molar-refractivity contribution in [3.05, 3.63) is 117 Å². The van der Waals surface area contributed by atoms with Crippen molar-refractivity contribution in [3.63, 3.8) is 0 Å². The highest BCUT2D eigenvalue weighted by Crippen LogP contribution is 2.57. The Morgan fingerprint density at radius 2 is 1.29 bits per heavy atom. The number of esters is 1. The van der Waals surface area contributed by atoms with Gasteiger partial charge in [0.1, 0.15) is 83.4 Å². The average Bonchev–Trinajstić information content (AvgIpc) is 1.52. The number of hydrogen-bond acceptors (Lipinski definition) is 23. The van der Waals surface area contributed by atoms with Crippen LogP contribution in [-0.4, -0.2) is 209 Å². The van der Waals surface area contributed by atoms with Gasteiger partial charge in [-0.2, -0.15) is 0 Å². The summed E-state index contributed by atoms with van der Waals surface area (Å²) in [6, 6.07) is 1.73. The minimum Gasteiger partial charge on any atom is -0.508 e. The number of phenols is 2. The zero-order valence-electron chi connectivity index (χ0n) is 63.3. The second kappa shape index (κ2) is 39.6. The fourth-order valence-electron chi connectivity index (χ4n) is 13.8. The van der Waals surface area contributed by atoms with Gasteiger partial charge in [0.15, 0.2) is 16.6 Å². The Morgan fingerprint density at radius 3 is 1.90 bits per heavy atom. The number of aromatic hydroxyl groups is 2. The van der Waals surface area contributed by atoms with E-state index in [9.17, 15) is 112 Å². The van der Waals surface area contributed by atoms with E-state index in [4.69, 9.17) is 33.2 Å². The molecule has 4 aliphatic rings. The first-order valence-electron chi connectivity index (χ1n) is 37.1. The fraction of sp³-hybridized carbons (Fsp3) is 0.453. The maximum absolute atomic E-state index is 14.6. The van der Waals surface area contributed by atoms with Crippen molar-refractivity contribution in [2.45, 2.75) is 190 Å². The number of carbonyl (C=O) groups excluding carboxylic acids is 13. The number of amides is 12. The van der Waals surface area contributed by atoms with Crippen molar-refractivity contribution in [2.75, 3.05) is 18.4 Å². The standard InChI is InChI=1S/C75H91N15O25S/c1-35(2)60(80-37(4)91)70(106)89-28-10-14-55(89)69(105)85-50-13-7-5-6-12-49(83-67(103)52(29-38-15-18-40(19-16-38)90(112)113)87-65(101)51(84-63(50)99)25-26-58(76)94)64(100)88-54(34-59(95)96)66(102)79-36(3)62(98)86-53(33-44(71(107)108)72(109)110)68(104)82-48(61(77)97)11-8-9-27-78-74(116)81-39-17-22-45-43(30-39)73(111)115-75(45)46-23-20-41(92)31-56(46)114-57-32-42(93)21-24-47(57)75/h15-24,30-32,35-36,44,48-55,60,92-93H,5-14,25-29,33-34H2,1-4H3,(H2,76,94)(H2,77,97)(H,79,102)(H,80,91)(H,82,104)(H,83,103)(H,84,99)(H,85,105)(H,86,98)(H,87,101)(H,88,100)(H,95,96)(H,107,108)(H,109,110)(H2,78,81,116)/t36-,48-,49-,50-,51-,52-,53-,54-,55+,60-/m0/s1. The molecule has 4 aromatic carbocycles. The second-order valence-corrected chi connectivity index (χ2v) is 29.1. The molecular formula is C75H91N15O25S. The average molecular weight is 1630 g/mol. The number of fused-ring (bicyclic) bond motifs is 6. The molecule has 4 heterocycles. The van der Waals surface area contributed by atoms with Crippen LogP contribution in [0.2, 0.25) is 0 Å². The molecule has 20 N–H and O–H groups in total. The molecule has 0 radical (unpaired) electrons. The van der Waals surface area contributed by atoms with Crippen LogP contribution in [0.15, 0.2) is 78.9 Å². The van der Waals surface area contributed by atoms with Gasteiger partial charge in [-0.3, -0.25) is 82.0 Å². The number of nitro benzene ring substituents is 1. The number of likely N-dealkylation sites (tertiary alicyclic amines) is 1. The number of carbonyl (C=O) groups is 16. The van der Waals surface area contributed by atoms with Gasteiger partial charge in [0.25, 0.3) is 5.69 Å². The van der Waals surface area contributed by atoms with Crippen LogP contribution in [0.4, 0.5) is 11.4 Å². The first-order valence-corrected chi connectivity index (χ1v) is 37.5. The Balaban J connectivity index is 0.932. The van der Waals surface area contributed by atoms with Gasteiger partial charge in [-0.1, -0.05) is 51.3 Å². The number of hydrogen-bond donors (Lipinski definition) is 18. The van der Waals surface area contributed by atoms with E-state index in [1.807, 2.05) is 0 Å². The Bertz CT molecular complexity index is 4460. The summed E-state index contributed by atoms with van der Waals surface area (Å²) in [6.45, 7) is 5.88. The number of nitrogens with one attached hydrogen (secondary N) is 11. The number of primary amides is 2. The van der Waals surface area contributed by atoms with Crippen molar-refractivity contribution >= 4 is 123 Å². The van der Waals surface area contributed by atoms with Crippen molar-refractivity contribution in [1.82, 2.24) is 58.1 Å². The minimum absolute atomic E-state index is 0.0123. The van der Waals surface area contributed by atoms with E-state index in [0.717, 1.165) is 19.1 Å². The number of phenolic OH excluding ortho intramolecular Hbond substituents is 2. The van der Waals surface area contributed by atoms with Gasteiger partial charge in [-0.25, -0.2) is 4.79 Å². The Morgan fingerprint density at radius 1 is 0.681 bits per heavy atom. The highest BCUT2D eigenvalue weighted by molar-refractivity contribution is 7.80. The van der Waals surface area contributed by atoms with Crippen LogP contribution < -0.4 is 74.7 Å². The third-order valence-electron chi connectivity index (χ3n) is 19.8. The summed E-state index contributed by atoms with van der Waals surface area (Å²) >= 11 is 5.52. The lowest BCUT2D eigenvalue weighted by Gasteiger charge is -2.36. The van der Waals surface area contributed by atoms with Gasteiger partial charge in [-0.05, 0) is 118 Å². The molecule has 0 bridgehead atoms. The van der Waals surface area contributed by atoms with Gasteiger partial charge < -0.3 is 110 Å². The zero-order valence-corrected chi connectivity index (χ0v) is 64.1. The van der Waals surface area contributed by atoms with E-state index in [-0.39, 0.29) is 116 Å². The number of ether oxygens (including phenoxy) is 2. The number of nitro groups is 1. The van der Waals surface area contributed by atoms with Crippen molar-refractivity contribution in [3.8, 4) is 23.0 Å². The summed E-state index contributed by atoms with van der Waals surface area (Å²) in [7, 11) is 0. The van der Waals surface area contributed by atoms with Crippen LogP contribution in [-0.2, 0) is 88.7 Å². The predicted molar refractivity (Wildman–Crippen MR) is 408 cm³/mol. The lowest BCUT2D eigenvalue weighted by molar-refractivity contribution is -0.384. The number of unbranched alkanes of at least 4 members (excludes halogenated alkanes) is 1. The molecule has 8 rings (SSSR count). The Hall–Kier alpha value is -13.1. The van der Waals surface area contributed by atoms with Crippen molar-refractivity contribution in [2.24, 2.45) is 23.3 Å². The van der Waals surface area contributed by atoms with Gasteiger partial charge in [0.2, 0.25) is 70.9 Å². The summed E-state index contributed by atoms with van der Waals surface area (Å²) in [5, 5.41) is 89.7. The third kappa shape index (κ3) is 22.9. The predicted octanol–water partition coefficient (Wildman–Crippen LogP) is -0.312. The molecule has 12 amide bonds. The number of anilines is 1. The molecule has 40 nitrogen and oxygen atoms in total. The molecule has 0 aromatic heterocycles. The van der Waals surface area contributed by atoms with Crippen LogP contribution in [0.1, 0.15) is 150 Å². The van der Waals surface area contributed by atoms with Gasteiger partial charge >= 0.3 is 23.9 Å². The van der Waals surface area contributed by atoms with Crippen molar-refractivity contribution in [1.29, 1.82) is 0 Å². The number of non-ortho nitro benzene ring substituents is 1. The zero-order chi connectivity index (χ0) is 85.2. The fourth-order valence-corrected chi connectivity index (χ4v) is 14.0. The molecular weight excluding hydrogens is 1540 g/mol. The molecule has 1 spiro atoms. The topological polar surface area (TPSA) is 623 Å². The van der Waals surface area contributed by atoms with E-state index < -0.39 is 210 Å². The number of carboxylic acid groups (broad SMARTS) is 3. The first-order chi connectivity index (χ1) is 54.8. The molecule has 4 aliphatic heterocycles. The molecule has 0 unspecified atom stereocenters. The normalized spacial score (nSPS) is 19.0. The van der Waals surface area contributed by atoms with Gasteiger partial charge in [0.05, 0.1) is 16.9 Å². The number of benzene rings is 4. The molecule has 2 fully saturated rings. The molecule has 4 aromatic rings. The summed E-state index contributed by atoms with van der Waals surface area (Å²) in [6.07, 6.45) is -3.52. The third-order valence-corrected chi connectivity index (χ3v) is 20.0. The number of nitrogens with zero attached hydrogens (tertiary/aromatic N) is 2. The minimum atomic E-state index is -2.38. The Labute approximate surface area is 666 Å². The number of carboxylic acids is 3. The van der Waals surface area contributed by atoms with Gasteiger partial charge in [-0.15, -0.1) is 0 Å². The Kier molecular flexibility index (Phi) is 30.2. The van der Waals surface area contributed by atoms with E-state index >= 15 is 0 Å². The lowest BCUT2D eigenvalue weighted by Crippen LogP contribution is -2.61. The summed E-state index contributed by atoms with van der Waals surface area (Å²) in [5.41, 5.74) is 11.2. The van der Waals surface area contributed by atoms with Crippen LogP contribution in [0.3, 0.4) is 0 Å². The molecule has 622 valence electrons. The molecule has 2 saturated heterocycles. The summed E-state index contributed by atoms with van der Waals surface area (Å²) in [4.78, 5) is 228. The van der Waals surface area contributed by atoms with E-state index in [1.54, 1.807) is 38.1 Å². The smallest absolute Gasteiger partial charge is 0.340 e. The largest absolute Gasteiger partial charge is 0.508 e. The highest BCUT2D eigenvalue weighted by atomic mass is 32.1. The number of aliphatic carboxylic acids is 3. The van der Waals surface area contributed by atoms with Crippen LogP contribution in [0.5, 0.6) is 23.0 Å². The number of thiocarbonyl (C=S) groups is 1. The number of nitrogens with two attached hydrogens (primary N) is 2. The molecule has 10 atom stereocenters. The molecule has 116 heavy (non-hydrogen) atoms. The molecule has 0 aliphatic carbocycles. The second-order valence-electron chi connectivity index (χ2n) is 28.7. The molecule has 0 saturated carbocycles. The summed E-state index contributed by atoms with van der Waals surface area (Å²) in [5.74, 6) is -21.4. The van der Waals surface area contributed by atoms with Crippen molar-refractivity contribution < 1.29 is 117 Å². The summed E-state index contributed by atoms with van der Waals surface area (Å²) < 4.78 is 12.1. The molecule has 41 heteroatoms. The quantitative estimate of drug-likeness (QED) is 0.00744. The lowest BCUT2D eigenvalue weighted by atomic mass is 9.77. The number of rotatable bonds is 32. The highest BCUT2D eigenvalue weighted by Gasteiger charge is 2.54. The van der Waals surface area contributed by atoms with Crippen LogP contribution >= 0.6 is 12.2 Å².